The number of anilines is 1. The number of aldehydes is 1. The summed E-state index contributed by atoms with van der Waals surface area (Å²) in [7, 11) is 1.00. The molecule has 0 aliphatic carbocycles. The van der Waals surface area contributed by atoms with Gasteiger partial charge < -0.3 is 19.3 Å². The highest BCUT2D eigenvalue weighted by molar-refractivity contribution is 8.00. The summed E-state index contributed by atoms with van der Waals surface area (Å²) in [6.07, 6.45) is 5.43. The van der Waals surface area contributed by atoms with E-state index in [9.17, 15) is 4.79 Å². The van der Waals surface area contributed by atoms with Gasteiger partial charge in [0.15, 0.2) is 0 Å². The van der Waals surface area contributed by atoms with E-state index in [1.54, 1.807) is 32.7 Å². The number of aromatic nitrogens is 1. The number of aliphatic hydroxyl groups excluding tert-OH is 1. The fourth-order valence-corrected chi connectivity index (χ4v) is 5.44. The Hall–Kier alpha value is -2.67. The lowest BCUT2D eigenvalue weighted by atomic mass is 9.81. The monoisotopic (exact) mass is 508 g/mol. The molecule has 0 unspecified atom stereocenters. The SMILES string of the molecule is CC(C)(C)O.CO.CSN1c2c(C)c(CC=O)c(-c3ccc(C)cc3)c(C)c2-c2ncccc2[C@H]1C. The van der Waals surface area contributed by atoms with Crippen molar-refractivity contribution < 1.29 is 15.0 Å². The molecule has 0 spiro atoms. The van der Waals surface area contributed by atoms with Crippen molar-refractivity contribution >= 4 is 23.9 Å². The van der Waals surface area contributed by atoms with Gasteiger partial charge in [0.25, 0.3) is 0 Å². The first-order valence-corrected chi connectivity index (χ1v) is 13.3. The van der Waals surface area contributed by atoms with Crippen molar-refractivity contribution in [2.24, 2.45) is 0 Å². The number of benzene rings is 2. The lowest BCUT2D eigenvalue weighted by molar-refractivity contribution is -0.107. The number of hydrogen-bond donors (Lipinski definition) is 2. The number of hydrogen-bond acceptors (Lipinski definition) is 6. The second-order valence-electron chi connectivity index (χ2n) is 9.86. The van der Waals surface area contributed by atoms with E-state index in [1.165, 1.54) is 39.1 Å². The Morgan fingerprint density at radius 3 is 2.14 bits per heavy atom. The molecular weight excluding hydrogens is 468 g/mol. The molecule has 1 aliphatic heterocycles. The van der Waals surface area contributed by atoms with Gasteiger partial charge in [0, 0.05) is 37.1 Å². The summed E-state index contributed by atoms with van der Waals surface area (Å²) in [5, 5.41) is 15.5. The van der Waals surface area contributed by atoms with Crippen LogP contribution in [0.1, 0.15) is 61.6 Å². The molecule has 0 saturated carbocycles. The fraction of sp³-hybridized carbons (Fsp3) is 0.400. The van der Waals surface area contributed by atoms with E-state index in [2.05, 4.69) is 68.6 Å². The molecule has 2 heterocycles. The lowest BCUT2D eigenvalue weighted by Gasteiger charge is -2.39. The molecule has 0 fully saturated rings. The maximum atomic E-state index is 11.6. The zero-order valence-electron chi connectivity index (χ0n) is 23.0. The molecule has 2 N–H and O–H groups in total. The van der Waals surface area contributed by atoms with Crippen LogP contribution in [-0.2, 0) is 11.2 Å². The largest absolute Gasteiger partial charge is 0.400 e. The van der Waals surface area contributed by atoms with Gasteiger partial charge in [-0.2, -0.15) is 0 Å². The number of rotatable bonds is 4. The quantitative estimate of drug-likeness (QED) is 0.304. The van der Waals surface area contributed by atoms with Crippen LogP contribution in [0, 0.1) is 20.8 Å². The Morgan fingerprint density at radius 2 is 1.61 bits per heavy atom. The molecule has 2 aromatic carbocycles. The highest BCUT2D eigenvalue weighted by Gasteiger charge is 2.34. The first-order valence-electron chi connectivity index (χ1n) is 12.1. The van der Waals surface area contributed by atoms with E-state index in [4.69, 9.17) is 15.2 Å². The van der Waals surface area contributed by atoms with E-state index in [-0.39, 0.29) is 6.04 Å². The second-order valence-corrected chi connectivity index (χ2v) is 10.6. The maximum absolute atomic E-state index is 11.6. The Morgan fingerprint density at radius 1 is 1.03 bits per heavy atom. The third-order valence-electron chi connectivity index (χ3n) is 6.02. The zero-order valence-corrected chi connectivity index (χ0v) is 23.8. The van der Waals surface area contributed by atoms with Gasteiger partial charge in [0.1, 0.15) is 6.29 Å². The normalized spacial score (nSPS) is 14.0. The van der Waals surface area contributed by atoms with E-state index in [0.29, 0.717) is 6.42 Å². The predicted octanol–water partition coefficient (Wildman–Crippen LogP) is 6.63. The first-order chi connectivity index (χ1) is 17.0. The van der Waals surface area contributed by atoms with Crippen LogP contribution in [0.5, 0.6) is 0 Å². The van der Waals surface area contributed by atoms with Crippen LogP contribution in [0.2, 0.25) is 0 Å². The molecule has 1 aliphatic rings. The van der Waals surface area contributed by atoms with Gasteiger partial charge in [-0.25, -0.2) is 0 Å². The summed E-state index contributed by atoms with van der Waals surface area (Å²) in [6, 6.07) is 13.0. The van der Waals surface area contributed by atoms with E-state index in [1.807, 2.05) is 12.3 Å². The summed E-state index contributed by atoms with van der Waals surface area (Å²) in [4.78, 5) is 16.4. The Bertz CT molecular complexity index is 1180. The summed E-state index contributed by atoms with van der Waals surface area (Å²) < 4.78 is 2.37. The number of carbonyl (C=O) groups is 1. The second kappa shape index (κ2) is 12.5. The zero-order chi connectivity index (χ0) is 27.2. The molecule has 0 radical (unpaired) electrons. The average Bonchev–Trinajstić information content (AvgIpc) is 2.83. The predicted molar refractivity (Wildman–Crippen MR) is 154 cm³/mol. The van der Waals surface area contributed by atoms with E-state index >= 15 is 0 Å². The van der Waals surface area contributed by atoms with Crippen LogP contribution in [-0.4, -0.2) is 40.4 Å². The van der Waals surface area contributed by atoms with Gasteiger partial charge in [-0.1, -0.05) is 47.8 Å². The number of aliphatic hydroxyl groups is 2. The van der Waals surface area contributed by atoms with Crippen molar-refractivity contribution in [2.45, 2.75) is 66.5 Å². The molecule has 1 aromatic heterocycles. The lowest BCUT2D eigenvalue weighted by Crippen LogP contribution is -2.26. The van der Waals surface area contributed by atoms with Gasteiger partial charge in [-0.15, -0.1) is 0 Å². The van der Waals surface area contributed by atoms with Gasteiger partial charge in [0.05, 0.1) is 23.0 Å². The fourth-order valence-electron chi connectivity index (χ4n) is 4.59. The standard InChI is InChI=1S/C25H26N2OS.C4H10O.CH4O/c1-15-8-10-19(11-9-15)22-17(3)23-24-21(7-6-13-26-24)18(4)27(29-5)25(23)16(2)20(22)12-14-28;1-4(2,3)5;1-2/h6-11,13-14,18H,12H2,1-5H3;5H,1-3H3;2H,1H3/t18-;;/m1../s1. The van der Waals surface area contributed by atoms with Crippen molar-refractivity contribution in [2.75, 3.05) is 17.7 Å². The number of aryl methyl sites for hydroxylation is 1. The molecule has 4 rings (SSSR count). The van der Waals surface area contributed by atoms with Crippen molar-refractivity contribution in [3.8, 4) is 22.4 Å². The number of fused-ring (bicyclic) bond motifs is 3. The highest BCUT2D eigenvalue weighted by Crippen LogP contribution is 2.52. The molecule has 0 amide bonds. The smallest absolute Gasteiger partial charge is 0.124 e. The Kier molecular flexibility index (Phi) is 10.3. The molecule has 1 atom stereocenters. The van der Waals surface area contributed by atoms with Crippen molar-refractivity contribution in [1.82, 2.24) is 4.98 Å². The van der Waals surface area contributed by atoms with Gasteiger partial charge in [-0.3, -0.25) is 4.98 Å². The third kappa shape index (κ3) is 6.36. The molecule has 0 bridgehead atoms. The van der Waals surface area contributed by atoms with Crippen LogP contribution in [0.3, 0.4) is 0 Å². The van der Waals surface area contributed by atoms with Crippen molar-refractivity contribution in [3.05, 3.63) is 70.4 Å². The molecule has 5 nitrogen and oxygen atoms in total. The first kappa shape index (κ1) is 29.6. The number of pyridine rings is 1. The van der Waals surface area contributed by atoms with Crippen LogP contribution in [0.25, 0.3) is 22.4 Å². The molecule has 0 saturated heterocycles. The minimum Gasteiger partial charge on any atom is -0.400 e. The van der Waals surface area contributed by atoms with Crippen LogP contribution in [0.15, 0.2) is 42.6 Å². The number of carbonyl (C=O) groups excluding carboxylic acids is 1. The average molecular weight is 509 g/mol. The summed E-state index contributed by atoms with van der Waals surface area (Å²) >= 11 is 1.73. The molecule has 36 heavy (non-hydrogen) atoms. The van der Waals surface area contributed by atoms with E-state index in [0.717, 1.165) is 30.2 Å². The van der Waals surface area contributed by atoms with Crippen LogP contribution < -0.4 is 4.31 Å². The third-order valence-corrected chi connectivity index (χ3v) is 6.91. The van der Waals surface area contributed by atoms with Gasteiger partial charge in [0.2, 0.25) is 0 Å². The van der Waals surface area contributed by atoms with E-state index < -0.39 is 5.60 Å². The van der Waals surface area contributed by atoms with Gasteiger partial charge in [-0.05, 0) is 82.3 Å². The summed E-state index contributed by atoms with van der Waals surface area (Å²) in [5.41, 5.74) is 11.2. The van der Waals surface area contributed by atoms with Gasteiger partial charge >= 0.3 is 0 Å². The van der Waals surface area contributed by atoms with Crippen molar-refractivity contribution in [3.63, 3.8) is 0 Å². The Labute approximate surface area is 220 Å². The maximum Gasteiger partial charge on any atom is 0.124 e. The number of nitrogens with zero attached hydrogens (tertiary/aromatic N) is 2. The summed E-state index contributed by atoms with van der Waals surface area (Å²) in [5.74, 6) is 0. The molecule has 194 valence electrons. The van der Waals surface area contributed by atoms with Crippen molar-refractivity contribution in [1.29, 1.82) is 0 Å². The molecule has 3 aromatic rings. The molecular formula is C30H40N2O3S. The highest BCUT2D eigenvalue weighted by atomic mass is 32.2. The minimum atomic E-state index is -0.500. The Balaban J connectivity index is 0.000000583. The minimum absolute atomic E-state index is 0.216. The summed E-state index contributed by atoms with van der Waals surface area (Å²) in [6.45, 7) is 13.9. The van der Waals surface area contributed by atoms with Crippen LogP contribution >= 0.6 is 11.9 Å². The van der Waals surface area contributed by atoms with Crippen LogP contribution in [0.4, 0.5) is 5.69 Å². The topological polar surface area (TPSA) is 73.7 Å². The molecule has 6 heteroatoms.